The van der Waals surface area contributed by atoms with Crippen LogP contribution in [0.1, 0.15) is 41.6 Å². The van der Waals surface area contributed by atoms with E-state index in [1.165, 1.54) is 0 Å². The molecule has 0 aromatic heterocycles. The molecule has 0 atom stereocenters. The highest BCUT2D eigenvalue weighted by atomic mass is 16.4. The normalized spacial score (nSPS) is 19.0. The summed E-state index contributed by atoms with van der Waals surface area (Å²) in [4.78, 5) is 35.1. The van der Waals surface area contributed by atoms with Crippen molar-refractivity contribution in [2.24, 2.45) is 0 Å². The first-order chi connectivity index (χ1) is 10.00. The zero-order valence-corrected chi connectivity index (χ0v) is 11.4. The number of carbonyl (C=O) groups excluding carboxylic acids is 2. The van der Waals surface area contributed by atoms with Crippen molar-refractivity contribution in [2.75, 3.05) is 5.32 Å². The molecule has 1 aromatic carbocycles. The van der Waals surface area contributed by atoms with E-state index in [0.717, 1.165) is 18.4 Å². The van der Waals surface area contributed by atoms with Crippen molar-refractivity contribution in [3.8, 4) is 0 Å². The number of amides is 2. The number of benzene rings is 1. The van der Waals surface area contributed by atoms with Gasteiger partial charge in [0.05, 0.1) is 6.42 Å². The van der Waals surface area contributed by atoms with Crippen molar-refractivity contribution in [2.45, 2.75) is 37.6 Å². The first kappa shape index (κ1) is 13.6. The maximum absolute atomic E-state index is 12.3. The van der Waals surface area contributed by atoms with Gasteiger partial charge in [0.15, 0.2) is 0 Å². The molecule has 0 bridgehead atoms. The fraction of sp³-hybridized carbons (Fsp3) is 0.400. The quantitative estimate of drug-likeness (QED) is 0.781. The lowest BCUT2D eigenvalue weighted by Gasteiger charge is -2.25. The smallest absolute Gasteiger partial charge is 0.329 e. The molecule has 0 spiro atoms. The van der Waals surface area contributed by atoms with E-state index in [4.69, 9.17) is 0 Å². The molecule has 1 heterocycles. The molecule has 6 heteroatoms. The highest BCUT2D eigenvalue weighted by molar-refractivity contribution is 6.03. The molecule has 1 fully saturated rings. The lowest BCUT2D eigenvalue weighted by molar-refractivity contribution is -0.144. The summed E-state index contributed by atoms with van der Waals surface area (Å²) in [7, 11) is 0. The van der Waals surface area contributed by atoms with E-state index in [9.17, 15) is 19.5 Å². The van der Waals surface area contributed by atoms with E-state index in [-0.39, 0.29) is 5.91 Å². The Bertz CT molecular complexity index is 633. The van der Waals surface area contributed by atoms with Crippen molar-refractivity contribution in [3.05, 3.63) is 29.3 Å². The molecular weight excluding hydrogens is 272 g/mol. The summed E-state index contributed by atoms with van der Waals surface area (Å²) in [6.45, 7) is 0. The fourth-order valence-corrected chi connectivity index (χ4v) is 3.02. The highest BCUT2D eigenvalue weighted by Crippen LogP contribution is 2.31. The molecule has 110 valence electrons. The van der Waals surface area contributed by atoms with Gasteiger partial charge in [0, 0.05) is 11.3 Å². The van der Waals surface area contributed by atoms with Crippen molar-refractivity contribution in [1.82, 2.24) is 5.32 Å². The second kappa shape index (κ2) is 4.87. The number of anilines is 1. The third-order valence-electron chi connectivity index (χ3n) is 4.22. The molecule has 21 heavy (non-hydrogen) atoms. The Morgan fingerprint density at radius 3 is 2.62 bits per heavy atom. The molecule has 0 unspecified atom stereocenters. The summed E-state index contributed by atoms with van der Waals surface area (Å²) in [5, 5.41) is 14.7. The van der Waals surface area contributed by atoms with Crippen molar-refractivity contribution >= 4 is 23.5 Å². The molecular formula is C15H16N2O4. The number of carbonyl (C=O) groups is 3. The Hall–Kier alpha value is -2.37. The highest BCUT2D eigenvalue weighted by Gasteiger charge is 2.42. The molecule has 1 aromatic rings. The third kappa shape index (κ3) is 2.37. The molecule has 3 rings (SSSR count). The Balaban J connectivity index is 1.81. The van der Waals surface area contributed by atoms with E-state index in [1.54, 1.807) is 18.2 Å². The molecule has 6 nitrogen and oxygen atoms in total. The average Bonchev–Trinajstić information content (AvgIpc) is 3.03. The first-order valence-corrected chi connectivity index (χ1v) is 6.99. The van der Waals surface area contributed by atoms with Gasteiger partial charge in [-0.25, -0.2) is 4.79 Å². The van der Waals surface area contributed by atoms with Crippen LogP contribution in [-0.4, -0.2) is 28.4 Å². The lowest BCUT2D eigenvalue weighted by Crippen LogP contribution is -2.52. The number of hydrogen-bond acceptors (Lipinski definition) is 3. The Morgan fingerprint density at radius 1 is 1.24 bits per heavy atom. The fourth-order valence-electron chi connectivity index (χ4n) is 3.02. The summed E-state index contributed by atoms with van der Waals surface area (Å²) >= 11 is 0. The van der Waals surface area contributed by atoms with Crippen LogP contribution >= 0.6 is 0 Å². The van der Waals surface area contributed by atoms with Gasteiger partial charge in [0.25, 0.3) is 5.91 Å². The third-order valence-corrected chi connectivity index (χ3v) is 4.22. The van der Waals surface area contributed by atoms with Gasteiger partial charge in [-0.3, -0.25) is 9.59 Å². The van der Waals surface area contributed by atoms with Crippen molar-refractivity contribution in [1.29, 1.82) is 0 Å². The minimum atomic E-state index is -1.15. The van der Waals surface area contributed by atoms with Crippen LogP contribution in [-0.2, 0) is 16.0 Å². The van der Waals surface area contributed by atoms with E-state index in [1.807, 2.05) is 0 Å². The zero-order chi connectivity index (χ0) is 15.0. The maximum Gasteiger partial charge on any atom is 0.329 e. The molecule has 2 amide bonds. The largest absolute Gasteiger partial charge is 0.480 e. The van der Waals surface area contributed by atoms with Crippen LogP contribution in [0.25, 0.3) is 0 Å². The van der Waals surface area contributed by atoms with E-state index in [0.29, 0.717) is 30.5 Å². The monoisotopic (exact) mass is 288 g/mol. The Morgan fingerprint density at radius 2 is 1.95 bits per heavy atom. The van der Waals surface area contributed by atoms with Gasteiger partial charge in [-0.1, -0.05) is 18.9 Å². The Kier molecular flexibility index (Phi) is 3.16. The number of aliphatic carboxylic acids is 1. The van der Waals surface area contributed by atoms with Crippen molar-refractivity contribution in [3.63, 3.8) is 0 Å². The molecule has 0 saturated heterocycles. The number of carboxylic acid groups (broad SMARTS) is 1. The van der Waals surface area contributed by atoms with Crippen LogP contribution in [0.5, 0.6) is 0 Å². The van der Waals surface area contributed by atoms with E-state index < -0.39 is 17.4 Å². The summed E-state index contributed by atoms with van der Waals surface area (Å²) in [5.41, 5.74) is 0.691. The molecule has 3 N–H and O–H groups in total. The first-order valence-electron chi connectivity index (χ1n) is 6.99. The summed E-state index contributed by atoms with van der Waals surface area (Å²) in [6, 6.07) is 4.95. The van der Waals surface area contributed by atoms with E-state index in [2.05, 4.69) is 10.6 Å². The molecule has 1 aliphatic heterocycles. The maximum atomic E-state index is 12.3. The molecule has 2 aliphatic rings. The minimum absolute atomic E-state index is 0.0969. The molecule has 0 radical (unpaired) electrons. The van der Waals surface area contributed by atoms with Crippen LogP contribution in [0.4, 0.5) is 5.69 Å². The predicted octanol–water partition coefficient (Wildman–Crippen LogP) is 1.31. The summed E-state index contributed by atoms with van der Waals surface area (Å²) in [5.74, 6) is -1.49. The topological polar surface area (TPSA) is 95.5 Å². The zero-order valence-electron chi connectivity index (χ0n) is 11.4. The van der Waals surface area contributed by atoms with Crippen LogP contribution in [0.3, 0.4) is 0 Å². The van der Waals surface area contributed by atoms with Gasteiger partial charge in [-0.2, -0.15) is 0 Å². The minimum Gasteiger partial charge on any atom is -0.480 e. The van der Waals surface area contributed by atoms with Gasteiger partial charge in [-0.05, 0) is 30.5 Å². The second-order valence-corrected chi connectivity index (χ2v) is 5.65. The van der Waals surface area contributed by atoms with Crippen LogP contribution in [0.15, 0.2) is 18.2 Å². The number of fused-ring (bicyclic) bond motifs is 1. The lowest BCUT2D eigenvalue weighted by atomic mass is 9.97. The average molecular weight is 288 g/mol. The van der Waals surface area contributed by atoms with Crippen LogP contribution < -0.4 is 10.6 Å². The van der Waals surface area contributed by atoms with Gasteiger partial charge in [-0.15, -0.1) is 0 Å². The second-order valence-electron chi connectivity index (χ2n) is 5.65. The van der Waals surface area contributed by atoms with Gasteiger partial charge >= 0.3 is 5.97 Å². The summed E-state index contributed by atoms with van der Waals surface area (Å²) in [6.07, 6.45) is 2.82. The van der Waals surface area contributed by atoms with Gasteiger partial charge < -0.3 is 15.7 Å². The van der Waals surface area contributed by atoms with Crippen LogP contribution in [0.2, 0.25) is 0 Å². The van der Waals surface area contributed by atoms with E-state index >= 15 is 0 Å². The predicted molar refractivity (Wildman–Crippen MR) is 75.1 cm³/mol. The van der Waals surface area contributed by atoms with Gasteiger partial charge in [0.2, 0.25) is 5.91 Å². The molecule has 1 saturated carbocycles. The van der Waals surface area contributed by atoms with Gasteiger partial charge in [0.1, 0.15) is 5.54 Å². The van der Waals surface area contributed by atoms with Crippen molar-refractivity contribution < 1.29 is 19.5 Å². The number of nitrogens with one attached hydrogen (secondary N) is 2. The molecule has 1 aliphatic carbocycles. The Labute approximate surface area is 121 Å². The number of rotatable bonds is 3. The summed E-state index contributed by atoms with van der Waals surface area (Å²) < 4.78 is 0. The van der Waals surface area contributed by atoms with Crippen LogP contribution in [0, 0.1) is 0 Å². The number of hydrogen-bond donors (Lipinski definition) is 3. The number of carboxylic acids is 1. The standard InChI is InChI=1S/C15H16N2O4/c18-12-8-9-3-4-10(7-11(9)16-12)13(19)17-15(14(20)21)5-1-2-6-15/h3-4,7H,1-2,5-6,8H2,(H,16,18)(H,17,19)(H,20,21). The SMILES string of the molecule is O=C1Cc2ccc(C(=O)NC3(C(=O)O)CCCC3)cc2N1.